The first kappa shape index (κ1) is 14.4. The van der Waals surface area contributed by atoms with E-state index in [-0.39, 0.29) is 16.8 Å². The summed E-state index contributed by atoms with van der Waals surface area (Å²) in [5.41, 5.74) is -0.593. The molecule has 2 heterocycles. The Labute approximate surface area is 128 Å². The fourth-order valence-corrected chi connectivity index (χ4v) is 2.02. The Morgan fingerprint density at radius 1 is 1.17 bits per heavy atom. The van der Waals surface area contributed by atoms with E-state index in [9.17, 15) is 19.7 Å². The van der Waals surface area contributed by atoms with Crippen LogP contribution in [0.5, 0.6) is 0 Å². The minimum absolute atomic E-state index is 0.160. The van der Waals surface area contributed by atoms with Gasteiger partial charge in [0.15, 0.2) is 0 Å². The van der Waals surface area contributed by atoms with E-state index in [0.29, 0.717) is 11.1 Å². The Morgan fingerprint density at radius 2 is 1.91 bits per heavy atom. The summed E-state index contributed by atoms with van der Waals surface area (Å²) in [6.45, 7) is 0. The van der Waals surface area contributed by atoms with Gasteiger partial charge in [-0.05, 0) is 24.3 Å². The summed E-state index contributed by atoms with van der Waals surface area (Å²) in [6, 6.07) is 8.17. The Balaban J connectivity index is 2.02. The quantitative estimate of drug-likeness (QED) is 0.451. The molecule has 23 heavy (non-hydrogen) atoms. The van der Waals surface area contributed by atoms with E-state index in [4.69, 9.17) is 4.42 Å². The third-order valence-electron chi connectivity index (χ3n) is 3.11. The number of nitrogens with zero attached hydrogens (tertiary/aromatic N) is 2. The lowest BCUT2D eigenvalue weighted by Crippen LogP contribution is -2.20. The molecule has 0 fully saturated rings. The highest BCUT2D eigenvalue weighted by molar-refractivity contribution is 6.05. The minimum atomic E-state index is -0.821. The molecule has 114 valence electrons. The van der Waals surface area contributed by atoms with E-state index in [2.05, 4.69) is 10.3 Å². The van der Waals surface area contributed by atoms with Crippen molar-refractivity contribution in [3.05, 3.63) is 74.9 Å². The lowest BCUT2D eigenvalue weighted by Gasteiger charge is -2.04. The number of nitrogens with one attached hydrogen (secondary N) is 1. The van der Waals surface area contributed by atoms with Crippen molar-refractivity contribution in [3.8, 4) is 0 Å². The van der Waals surface area contributed by atoms with Crippen molar-refractivity contribution in [3.63, 3.8) is 0 Å². The highest BCUT2D eigenvalue weighted by atomic mass is 16.6. The minimum Gasteiger partial charge on any atom is -0.422 e. The zero-order valence-electron chi connectivity index (χ0n) is 11.6. The van der Waals surface area contributed by atoms with E-state index < -0.39 is 16.5 Å². The summed E-state index contributed by atoms with van der Waals surface area (Å²) in [5.74, 6) is -0.668. The molecule has 0 aliphatic heterocycles. The number of aromatic nitrogens is 1. The Hall–Kier alpha value is -3.55. The molecular formula is C15H9N3O5. The standard InChI is InChI=1S/C15H9N3O5/c19-14(17-10-3-5-16-6-4-10)12-8-9-7-11(18(21)22)1-2-13(9)23-15(12)20/h1-8H,(H,16,17,19). The summed E-state index contributed by atoms with van der Waals surface area (Å²) >= 11 is 0. The van der Waals surface area contributed by atoms with Gasteiger partial charge < -0.3 is 9.73 Å². The number of hydrogen-bond acceptors (Lipinski definition) is 6. The molecule has 0 spiro atoms. The molecule has 0 saturated carbocycles. The van der Waals surface area contributed by atoms with Gasteiger partial charge in [-0.3, -0.25) is 19.9 Å². The van der Waals surface area contributed by atoms with E-state index in [1.807, 2.05) is 0 Å². The van der Waals surface area contributed by atoms with Crippen molar-refractivity contribution >= 4 is 28.3 Å². The summed E-state index contributed by atoms with van der Waals surface area (Å²) in [5, 5.41) is 13.6. The molecule has 3 aromatic rings. The molecule has 1 aromatic carbocycles. The molecule has 0 saturated heterocycles. The lowest BCUT2D eigenvalue weighted by atomic mass is 10.1. The number of fused-ring (bicyclic) bond motifs is 1. The number of nitro groups is 1. The molecule has 3 rings (SSSR count). The van der Waals surface area contributed by atoms with Crippen LogP contribution in [0, 0.1) is 10.1 Å². The van der Waals surface area contributed by atoms with Gasteiger partial charge in [0.2, 0.25) is 0 Å². The van der Waals surface area contributed by atoms with Gasteiger partial charge in [0.1, 0.15) is 11.1 Å². The van der Waals surface area contributed by atoms with Gasteiger partial charge in [-0.25, -0.2) is 4.79 Å². The number of rotatable bonds is 3. The van der Waals surface area contributed by atoms with E-state index in [0.717, 1.165) is 0 Å². The summed E-state index contributed by atoms with van der Waals surface area (Å²) in [6.07, 6.45) is 2.98. The van der Waals surface area contributed by atoms with E-state index >= 15 is 0 Å². The van der Waals surface area contributed by atoms with Crippen LogP contribution in [0.2, 0.25) is 0 Å². The summed E-state index contributed by atoms with van der Waals surface area (Å²) < 4.78 is 5.04. The molecule has 0 unspecified atom stereocenters. The highest BCUT2D eigenvalue weighted by Gasteiger charge is 2.15. The van der Waals surface area contributed by atoms with Crippen LogP contribution in [-0.4, -0.2) is 15.8 Å². The maximum Gasteiger partial charge on any atom is 0.349 e. The zero-order valence-corrected chi connectivity index (χ0v) is 11.6. The van der Waals surface area contributed by atoms with Crippen LogP contribution < -0.4 is 10.9 Å². The van der Waals surface area contributed by atoms with Crippen molar-refractivity contribution in [1.82, 2.24) is 4.98 Å². The molecule has 0 atom stereocenters. The Bertz CT molecular complexity index is 966. The molecule has 0 bridgehead atoms. The van der Waals surface area contributed by atoms with Gasteiger partial charge in [-0.2, -0.15) is 0 Å². The van der Waals surface area contributed by atoms with Crippen LogP contribution in [0.3, 0.4) is 0 Å². The first-order chi connectivity index (χ1) is 11.0. The predicted octanol–water partition coefficient (Wildman–Crippen LogP) is 2.35. The smallest absolute Gasteiger partial charge is 0.349 e. The number of anilines is 1. The SMILES string of the molecule is O=C(Nc1ccncc1)c1cc2cc([N+](=O)[O-])ccc2oc1=O. The summed E-state index contributed by atoms with van der Waals surface area (Å²) in [7, 11) is 0. The van der Waals surface area contributed by atoms with Crippen molar-refractivity contribution in [2.24, 2.45) is 0 Å². The Kier molecular flexibility index (Phi) is 3.55. The number of nitro benzene ring substituents is 1. The van der Waals surface area contributed by atoms with Gasteiger partial charge in [-0.15, -0.1) is 0 Å². The number of carbonyl (C=O) groups excluding carboxylic acids is 1. The molecule has 0 radical (unpaired) electrons. The second-order valence-electron chi connectivity index (χ2n) is 4.62. The predicted molar refractivity (Wildman–Crippen MR) is 81.3 cm³/mol. The van der Waals surface area contributed by atoms with Gasteiger partial charge in [0.25, 0.3) is 11.6 Å². The molecule has 1 amide bonds. The van der Waals surface area contributed by atoms with Crippen LogP contribution in [0.4, 0.5) is 11.4 Å². The first-order valence-corrected chi connectivity index (χ1v) is 6.48. The molecular weight excluding hydrogens is 302 g/mol. The second kappa shape index (κ2) is 5.68. The van der Waals surface area contributed by atoms with Crippen LogP contribution in [-0.2, 0) is 0 Å². The monoisotopic (exact) mass is 311 g/mol. The molecule has 0 aliphatic carbocycles. The van der Waals surface area contributed by atoms with Gasteiger partial charge in [0, 0.05) is 35.6 Å². The molecule has 8 heteroatoms. The molecule has 8 nitrogen and oxygen atoms in total. The number of hydrogen-bond donors (Lipinski definition) is 1. The van der Waals surface area contributed by atoms with Gasteiger partial charge >= 0.3 is 5.63 Å². The van der Waals surface area contributed by atoms with E-state index in [1.165, 1.54) is 36.7 Å². The van der Waals surface area contributed by atoms with Crippen LogP contribution >= 0.6 is 0 Å². The first-order valence-electron chi connectivity index (χ1n) is 6.48. The fraction of sp³-hybridized carbons (Fsp3) is 0. The fourth-order valence-electron chi connectivity index (χ4n) is 2.02. The number of pyridine rings is 1. The highest BCUT2D eigenvalue weighted by Crippen LogP contribution is 2.20. The van der Waals surface area contributed by atoms with E-state index in [1.54, 1.807) is 12.1 Å². The van der Waals surface area contributed by atoms with Crippen LogP contribution in [0.1, 0.15) is 10.4 Å². The third kappa shape index (κ3) is 2.91. The maximum atomic E-state index is 12.2. The number of carbonyl (C=O) groups is 1. The summed E-state index contributed by atoms with van der Waals surface area (Å²) in [4.78, 5) is 38.1. The molecule has 2 aromatic heterocycles. The normalized spacial score (nSPS) is 10.4. The lowest BCUT2D eigenvalue weighted by molar-refractivity contribution is -0.384. The molecule has 1 N–H and O–H groups in total. The maximum absolute atomic E-state index is 12.2. The second-order valence-corrected chi connectivity index (χ2v) is 4.62. The van der Waals surface area contributed by atoms with Crippen LogP contribution in [0.15, 0.2) is 58.0 Å². The van der Waals surface area contributed by atoms with Crippen molar-refractivity contribution in [2.75, 3.05) is 5.32 Å². The Morgan fingerprint density at radius 3 is 2.61 bits per heavy atom. The topological polar surface area (TPSA) is 115 Å². The van der Waals surface area contributed by atoms with Crippen LogP contribution in [0.25, 0.3) is 11.0 Å². The number of amides is 1. The van der Waals surface area contributed by atoms with Crippen molar-refractivity contribution in [1.29, 1.82) is 0 Å². The average Bonchev–Trinajstić information content (AvgIpc) is 2.54. The van der Waals surface area contributed by atoms with Crippen molar-refractivity contribution in [2.45, 2.75) is 0 Å². The average molecular weight is 311 g/mol. The number of benzene rings is 1. The largest absolute Gasteiger partial charge is 0.422 e. The van der Waals surface area contributed by atoms with Gasteiger partial charge in [-0.1, -0.05) is 0 Å². The third-order valence-corrected chi connectivity index (χ3v) is 3.11. The van der Waals surface area contributed by atoms with Gasteiger partial charge in [0.05, 0.1) is 4.92 Å². The van der Waals surface area contributed by atoms with Crippen molar-refractivity contribution < 1.29 is 14.1 Å². The number of non-ortho nitro benzene ring substituents is 1. The zero-order chi connectivity index (χ0) is 16.4. The molecule has 0 aliphatic rings.